The predicted octanol–water partition coefficient (Wildman–Crippen LogP) is 18.5. The Kier molecular flexibility index (Phi) is 51.6. The summed E-state index contributed by atoms with van der Waals surface area (Å²) in [5.74, 6) is -0.188. The van der Waals surface area contributed by atoms with Crippen molar-refractivity contribution in [2.24, 2.45) is 0 Å². The van der Waals surface area contributed by atoms with Crippen LogP contribution in [0.2, 0.25) is 0 Å². The summed E-state index contributed by atoms with van der Waals surface area (Å²) < 4.78 is 23.7. The first-order chi connectivity index (χ1) is 34.0. The second kappa shape index (κ2) is 52.6. The molecule has 0 saturated carbocycles. The van der Waals surface area contributed by atoms with Gasteiger partial charge < -0.3 is 19.8 Å². The topological polar surface area (TPSA) is 105 Å². The molecule has 9 heteroatoms. The highest BCUT2D eigenvalue weighted by Crippen LogP contribution is 2.43. The Balaban J connectivity index is 4.08. The van der Waals surface area contributed by atoms with E-state index in [9.17, 15) is 19.4 Å². The maximum absolute atomic E-state index is 13.0. The minimum Gasteiger partial charge on any atom is -0.387 e. The van der Waals surface area contributed by atoms with Crippen LogP contribution in [0.4, 0.5) is 0 Å². The number of rotatable bonds is 56. The first-order valence-electron chi connectivity index (χ1n) is 30.4. The van der Waals surface area contributed by atoms with E-state index < -0.39 is 20.0 Å². The average molecular weight is 1010 g/mol. The lowest BCUT2D eigenvalue weighted by atomic mass is 10.0. The number of nitrogens with zero attached hydrogens (tertiary/aromatic N) is 1. The third-order valence-corrected chi connectivity index (χ3v) is 14.8. The molecule has 70 heavy (non-hydrogen) atoms. The minimum atomic E-state index is -4.35. The molecular formula is C61H120N2O6P+. The quantitative estimate of drug-likeness (QED) is 0.0243. The first-order valence-corrected chi connectivity index (χ1v) is 31.9. The van der Waals surface area contributed by atoms with E-state index in [0.29, 0.717) is 17.4 Å². The number of allylic oxidation sites excluding steroid dienone is 5. The molecule has 0 bridgehead atoms. The van der Waals surface area contributed by atoms with E-state index in [1.165, 1.54) is 212 Å². The lowest BCUT2D eigenvalue weighted by molar-refractivity contribution is -0.870. The Bertz CT molecular complexity index is 1230. The molecule has 8 nitrogen and oxygen atoms in total. The number of hydrogen-bond acceptors (Lipinski definition) is 5. The van der Waals surface area contributed by atoms with Crippen LogP contribution in [0.1, 0.15) is 296 Å². The molecule has 1 amide bonds. The van der Waals surface area contributed by atoms with Gasteiger partial charge in [-0.3, -0.25) is 13.8 Å². The van der Waals surface area contributed by atoms with Crippen molar-refractivity contribution in [3.8, 4) is 0 Å². The second-order valence-electron chi connectivity index (χ2n) is 22.1. The van der Waals surface area contributed by atoms with Gasteiger partial charge in [0.05, 0.1) is 39.9 Å². The van der Waals surface area contributed by atoms with Crippen LogP contribution in [0, 0.1) is 0 Å². The molecule has 0 spiro atoms. The number of amides is 1. The van der Waals surface area contributed by atoms with Crippen LogP contribution in [-0.4, -0.2) is 73.4 Å². The van der Waals surface area contributed by atoms with Crippen molar-refractivity contribution < 1.29 is 32.9 Å². The molecule has 0 saturated heterocycles. The molecule has 0 aromatic heterocycles. The van der Waals surface area contributed by atoms with Gasteiger partial charge in [0.1, 0.15) is 13.2 Å². The van der Waals surface area contributed by atoms with Crippen LogP contribution < -0.4 is 5.32 Å². The summed E-state index contributed by atoms with van der Waals surface area (Å²) in [4.78, 5) is 23.3. The van der Waals surface area contributed by atoms with Crippen LogP contribution in [-0.2, 0) is 18.4 Å². The third-order valence-electron chi connectivity index (χ3n) is 13.9. The van der Waals surface area contributed by atoms with Crippen molar-refractivity contribution in [1.29, 1.82) is 0 Å². The molecule has 414 valence electrons. The smallest absolute Gasteiger partial charge is 0.387 e. The molecule has 0 radical (unpaired) electrons. The first kappa shape index (κ1) is 68.7. The van der Waals surface area contributed by atoms with E-state index in [4.69, 9.17) is 9.05 Å². The van der Waals surface area contributed by atoms with Gasteiger partial charge in [-0.15, -0.1) is 0 Å². The summed E-state index contributed by atoms with van der Waals surface area (Å²) in [6.07, 6.45) is 68.4. The lowest BCUT2D eigenvalue weighted by Gasteiger charge is -2.25. The standard InChI is InChI=1S/C61H119N2O6P/c1-6-8-10-12-14-16-18-20-22-24-25-26-27-28-29-30-31-32-33-34-35-36-37-38-39-40-42-44-46-48-50-52-54-60(64)59(58-69-70(66,67)68-57-56-63(3,4)5)62-61(65)55-53-51-49-47-45-43-41-23-21-19-17-15-13-11-9-7-2/h17,19,23,41,52,54,59-60,64H,6-16,18,20-22,24-40,42-51,53,55-58H2,1-5H3,(H-,62,65,66,67)/p+1/b19-17-,41-23-,54-52+. The maximum atomic E-state index is 13.0. The summed E-state index contributed by atoms with van der Waals surface area (Å²) in [6.45, 7) is 4.82. The zero-order valence-electron chi connectivity index (χ0n) is 47.3. The average Bonchev–Trinajstić information content (AvgIpc) is 3.32. The Morgan fingerprint density at radius 2 is 0.814 bits per heavy atom. The molecule has 0 aromatic carbocycles. The van der Waals surface area contributed by atoms with Crippen LogP contribution in [0.15, 0.2) is 36.5 Å². The van der Waals surface area contributed by atoms with Crippen LogP contribution in [0.3, 0.4) is 0 Å². The third kappa shape index (κ3) is 54.5. The van der Waals surface area contributed by atoms with Gasteiger partial charge in [-0.25, -0.2) is 4.57 Å². The zero-order chi connectivity index (χ0) is 51.3. The van der Waals surface area contributed by atoms with Crippen molar-refractivity contribution in [2.75, 3.05) is 40.9 Å². The minimum absolute atomic E-state index is 0.0589. The summed E-state index contributed by atoms with van der Waals surface area (Å²) >= 11 is 0. The molecule has 0 aliphatic carbocycles. The van der Waals surface area contributed by atoms with Crippen LogP contribution in [0.25, 0.3) is 0 Å². The van der Waals surface area contributed by atoms with Gasteiger partial charge in [-0.2, -0.15) is 0 Å². The number of phosphoric ester groups is 1. The number of quaternary nitrogens is 1. The Hall–Kier alpha value is -1.28. The summed E-state index contributed by atoms with van der Waals surface area (Å²) in [5.41, 5.74) is 0. The van der Waals surface area contributed by atoms with Crippen LogP contribution >= 0.6 is 7.82 Å². The number of aliphatic hydroxyl groups excluding tert-OH is 1. The molecule has 0 aliphatic rings. The summed E-state index contributed by atoms with van der Waals surface area (Å²) in [6, 6.07) is -0.854. The Morgan fingerprint density at radius 3 is 1.19 bits per heavy atom. The van der Waals surface area contributed by atoms with E-state index >= 15 is 0 Å². The monoisotopic (exact) mass is 1010 g/mol. The fourth-order valence-electron chi connectivity index (χ4n) is 9.08. The number of likely N-dealkylation sites (N-methyl/N-ethyl adjacent to an activating group) is 1. The normalized spacial score (nSPS) is 14.1. The summed E-state index contributed by atoms with van der Waals surface area (Å²) in [7, 11) is 1.57. The molecular weight excluding hydrogens is 888 g/mol. The lowest BCUT2D eigenvalue weighted by Crippen LogP contribution is -2.45. The van der Waals surface area contributed by atoms with Crippen molar-refractivity contribution in [3.05, 3.63) is 36.5 Å². The maximum Gasteiger partial charge on any atom is 0.472 e. The Labute approximate surface area is 436 Å². The number of aliphatic hydroxyl groups is 1. The van der Waals surface area contributed by atoms with Crippen LogP contribution in [0.5, 0.6) is 0 Å². The molecule has 0 fully saturated rings. The van der Waals surface area contributed by atoms with Crippen molar-refractivity contribution in [1.82, 2.24) is 5.32 Å². The molecule has 3 unspecified atom stereocenters. The highest BCUT2D eigenvalue weighted by Gasteiger charge is 2.27. The fraction of sp³-hybridized carbons (Fsp3) is 0.885. The number of unbranched alkanes of at least 4 members (excludes halogenated alkanes) is 39. The van der Waals surface area contributed by atoms with Crippen molar-refractivity contribution >= 4 is 13.7 Å². The highest BCUT2D eigenvalue weighted by molar-refractivity contribution is 7.47. The van der Waals surface area contributed by atoms with Gasteiger partial charge in [0.15, 0.2) is 0 Å². The van der Waals surface area contributed by atoms with E-state index in [-0.39, 0.29) is 19.1 Å². The van der Waals surface area contributed by atoms with E-state index in [1.807, 2.05) is 27.2 Å². The van der Waals surface area contributed by atoms with E-state index in [0.717, 1.165) is 64.2 Å². The van der Waals surface area contributed by atoms with Gasteiger partial charge in [0.2, 0.25) is 5.91 Å². The molecule has 0 heterocycles. The van der Waals surface area contributed by atoms with Gasteiger partial charge in [-0.05, 0) is 51.4 Å². The number of hydrogen-bond donors (Lipinski definition) is 3. The molecule has 0 rings (SSSR count). The summed E-state index contributed by atoms with van der Waals surface area (Å²) in [5, 5.41) is 13.9. The highest BCUT2D eigenvalue weighted by atomic mass is 31.2. The number of nitrogens with one attached hydrogen (secondary N) is 1. The molecule has 0 aliphatic heterocycles. The Morgan fingerprint density at radius 1 is 0.486 bits per heavy atom. The number of carbonyl (C=O) groups is 1. The van der Waals surface area contributed by atoms with E-state index in [1.54, 1.807) is 6.08 Å². The SMILES string of the molecule is CCCCCC/C=C\C/C=C\CCCCCCCC(=O)NC(COP(=O)(O)OCC[N+](C)(C)C)C(O)/C=C/CCCCCCCCCCCCCCCCCCCCCCCCCCCCCCCC. The predicted molar refractivity (Wildman–Crippen MR) is 304 cm³/mol. The second-order valence-corrected chi connectivity index (χ2v) is 23.5. The van der Waals surface area contributed by atoms with Crippen molar-refractivity contribution in [2.45, 2.75) is 309 Å². The van der Waals surface area contributed by atoms with Gasteiger partial charge in [-0.1, -0.05) is 275 Å². The van der Waals surface area contributed by atoms with Gasteiger partial charge in [0, 0.05) is 6.42 Å². The zero-order valence-corrected chi connectivity index (χ0v) is 48.2. The van der Waals surface area contributed by atoms with Gasteiger partial charge in [0.25, 0.3) is 0 Å². The number of carbonyl (C=O) groups excluding carboxylic acids is 1. The van der Waals surface area contributed by atoms with Crippen molar-refractivity contribution in [3.63, 3.8) is 0 Å². The largest absolute Gasteiger partial charge is 0.472 e. The van der Waals surface area contributed by atoms with E-state index in [2.05, 4.69) is 43.5 Å². The fourth-order valence-corrected chi connectivity index (χ4v) is 9.81. The number of phosphoric acid groups is 1. The molecule has 3 atom stereocenters. The molecule has 3 N–H and O–H groups in total. The van der Waals surface area contributed by atoms with Gasteiger partial charge >= 0.3 is 7.82 Å². The molecule has 0 aromatic rings.